The van der Waals surface area contributed by atoms with Crippen molar-refractivity contribution in [3.05, 3.63) is 71.1 Å². The molecule has 2 bridgehead atoms. The fourth-order valence-corrected chi connectivity index (χ4v) is 4.08. The van der Waals surface area contributed by atoms with Crippen molar-refractivity contribution in [2.24, 2.45) is 0 Å². The van der Waals surface area contributed by atoms with Gasteiger partial charge in [0, 0.05) is 12.4 Å². The van der Waals surface area contributed by atoms with Gasteiger partial charge in [-0.1, -0.05) is 12.2 Å². The van der Waals surface area contributed by atoms with E-state index >= 15 is 0 Å². The molecule has 3 aromatic rings. The van der Waals surface area contributed by atoms with Gasteiger partial charge in [0.25, 0.3) is 0 Å². The third kappa shape index (κ3) is 4.08. The maximum absolute atomic E-state index is 12.1. The normalized spacial score (nSPS) is 18.0. The highest BCUT2D eigenvalue weighted by atomic mass is 16.6. The standard InChI is InChI=1S/C24H23N3O6/c1-14-4-6-25-16(10-14)17-11-15(5-7-26-17)12-32-20(28)13-31-9-8-27-23(29)21-18-2-3-19(33-18)22(21)24(27)30/h2-7,10-11,18-19,29-30H,8-9,12-13H2,1H3. The molecule has 0 aromatic carbocycles. The second kappa shape index (κ2) is 8.68. The van der Waals surface area contributed by atoms with Crippen LogP contribution in [0.3, 0.4) is 0 Å². The van der Waals surface area contributed by atoms with Crippen LogP contribution in [0.15, 0.2) is 48.8 Å². The Bertz CT molecular complexity index is 1200. The van der Waals surface area contributed by atoms with Crippen LogP contribution in [0.4, 0.5) is 0 Å². The van der Waals surface area contributed by atoms with Crippen molar-refractivity contribution in [1.82, 2.24) is 14.5 Å². The van der Waals surface area contributed by atoms with Crippen molar-refractivity contribution in [2.75, 3.05) is 13.2 Å². The number of fused-ring (bicyclic) bond motifs is 5. The summed E-state index contributed by atoms with van der Waals surface area (Å²) in [6.07, 6.45) is 6.43. The van der Waals surface area contributed by atoms with Crippen LogP contribution in [-0.2, 0) is 32.2 Å². The van der Waals surface area contributed by atoms with Gasteiger partial charge < -0.3 is 24.4 Å². The molecule has 3 aromatic heterocycles. The summed E-state index contributed by atoms with van der Waals surface area (Å²) in [5.74, 6) is -0.592. The van der Waals surface area contributed by atoms with Gasteiger partial charge in [-0.15, -0.1) is 0 Å². The Morgan fingerprint density at radius 2 is 1.73 bits per heavy atom. The zero-order valence-electron chi connectivity index (χ0n) is 18.0. The van der Waals surface area contributed by atoms with Gasteiger partial charge >= 0.3 is 5.97 Å². The molecule has 0 amide bonds. The molecular weight excluding hydrogens is 426 g/mol. The van der Waals surface area contributed by atoms with E-state index in [1.807, 2.05) is 37.3 Å². The fraction of sp³-hybridized carbons (Fsp3) is 0.292. The number of aryl methyl sites for hydroxylation is 1. The molecule has 0 saturated carbocycles. The van der Waals surface area contributed by atoms with E-state index in [4.69, 9.17) is 14.2 Å². The lowest BCUT2D eigenvalue weighted by atomic mass is 10.0. The number of rotatable bonds is 8. The number of carbonyl (C=O) groups excluding carboxylic acids is 1. The summed E-state index contributed by atoms with van der Waals surface area (Å²) >= 11 is 0. The third-order valence-electron chi connectivity index (χ3n) is 5.69. The Kier molecular flexibility index (Phi) is 5.57. The lowest BCUT2D eigenvalue weighted by molar-refractivity contribution is -0.150. The largest absolute Gasteiger partial charge is 0.494 e. The Hall–Kier alpha value is -3.69. The smallest absolute Gasteiger partial charge is 0.332 e. The minimum atomic E-state index is -0.513. The molecule has 170 valence electrons. The first-order chi connectivity index (χ1) is 16.0. The molecule has 9 nitrogen and oxygen atoms in total. The van der Waals surface area contributed by atoms with E-state index in [-0.39, 0.29) is 50.3 Å². The van der Waals surface area contributed by atoms with Gasteiger partial charge in [-0.25, -0.2) is 4.79 Å². The number of esters is 1. The highest BCUT2D eigenvalue weighted by Gasteiger charge is 2.42. The maximum atomic E-state index is 12.1. The Morgan fingerprint density at radius 3 is 2.42 bits per heavy atom. The Balaban J connectivity index is 1.10. The SMILES string of the molecule is Cc1ccnc(-c2cc(COC(=O)COCCn3c(O)c4c(c3O)C3C=CC4O3)ccn2)c1. The van der Waals surface area contributed by atoms with Gasteiger partial charge in [-0.05, 0) is 42.3 Å². The number of nitrogens with zero attached hydrogens (tertiary/aromatic N) is 3. The van der Waals surface area contributed by atoms with E-state index in [0.29, 0.717) is 16.8 Å². The van der Waals surface area contributed by atoms with Crippen LogP contribution in [-0.4, -0.2) is 43.9 Å². The summed E-state index contributed by atoms with van der Waals surface area (Å²) in [6.45, 7) is 2.14. The van der Waals surface area contributed by atoms with Crippen LogP contribution < -0.4 is 0 Å². The van der Waals surface area contributed by atoms with E-state index in [1.54, 1.807) is 18.5 Å². The maximum Gasteiger partial charge on any atom is 0.332 e. The summed E-state index contributed by atoms with van der Waals surface area (Å²) in [4.78, 5) is 20.7. The second-order valence-electron chi connectivity index (χ2n) is 7.97. The number of hydrogen-bond acceptors (Lipinski definition) is 8. The molecule has 5 rings (SSSR count). The number of aromatic nitrogens is 3. The van der Waals surface area contributed by atoms with Crippen molar-refractivity contribution >= 4 is 5.97 Å². The van der Waals surface area contributed by atoms with Gasteiger partial charge in [0.15, 0.2) is 0 Å². The molecule has 0 saturated heterocycles. The van der Waals surface area contributed by atoms with Crippen molar-refractivity contribution in [3.8, 4) is 23.1 Å². The number of aromatic hydroxyl groups is 2. The first-order valence-electron chi connectivity index (χ1n) is 10.6. The third-order valence-corrected chi connectivity index (χ3v) is 5.69. The quantitative estimate of drug-likeness (QED) is 0.306. The second-order valence-corrected chi connectivity index (χ2v) is 7.97. The number of hydrogen-bond donors (Lipinski definition) is 2. The van der Waals surface area contributed by atoms with Gasteiger partial charge in [0.1, 0.15) is 25.4 Å². The molecule has 9 heteroatoms. The molecule has 2 unspecified atom stereocenters. The molecule has 2 N–H and O–H groups in total. The van der Waals surface area contributed by atoms with Crippen LogP contribution in [0.1, 0.15) is 34.5 Å². The number of ether oxygens (including phenoxy) is 3. The van der Waals surface area contributed by atoms with Gasteiger partial charge in [-0.3, -0.25) is 14.5 Å². The van der Waals surface area contributed by atoms with Crippen LogP contribution in [0, 0.1) is 6.92 Å². The first kappa shape index (κ1) is 21.2. The van der Waals surface area contributed by atoms with Crippen molar-refractivity contribution in [1.29, 1.82) is 0 Å². The highest BCUT2D eigenvalue weighted by Crippen LogP contribution is 2.54. The molecule has 0 fully saturated rings. The Labute approximate surface area is 189 Å². The van der Waals surface area contributed by atoms with Crippen LogP contribution in [0.5, 0.6) is 11.8 Å². The highest BCUT2D eigenvalue weighted by molar-refractivity contribution is 5.70. The molecule has 2 atom stereocenters. The zero-order chi connectivity index (χ0) is 22.9. The summed E-state index contributed by atoms with van der Waals surface area (Å²) < 4.78 is 17.7. The van der Waals surface area contributed by atoms with Crippen molar-refractivity contribution in [2.45, 2.75) is 32.3 Å². The average molecular weight is 449 g/mol. The van der Waals surface area contributed by atoms with Crippen LogP contribution >= 0.6 is 0 Å². The topological polar surface area (TPSA) is 116 Å². The predicted octanol–water partition coefficient (Wildman–Crippen LogP) is 3.11. The lowest BCUT2D eigenvalue weighted by Crippen LogP contribution is -2.15. The summed E-state index contributed by atoms with van der Waals surface area (Å²) in [7, 11) is 0. The predicted molar refractivity (Wildman–Crippen MR) is 116 cm³/mol. The number of pyridine rings is 2. The minimum absolute atomic E-state index is 0.0397. The molecule has 2 aliphatic heterocycles. The lowest BCUT2D eigenvalue weighted by Gasteiger charge is -2.11. The monoisotopic (exact) mass is 449 g/mol. The fourth-order valence-electron chi connectivity index (χ4n) is 4.08. The van der Waals surface area contributed by atoms with Crippen LogP contribution in [0.2, 0.25) is 0 Å². The summed E-state index contributed by atoms with van der Waals surface area (Å²) in [5, 5.41) is 20.8. The zero-order valence-corrected chi connectivity index (χ0v) is 18.0. The molecule has 5 heterocycles. The molecule has 0 radical (unpaired) electrons. The van der Waals surface area contributed by atoms with E-state index in [1.165, 1.54) is 4.57 Å². The number of carbonyl (C=O) groups is 1. The summed E-state index contributed by atoms with van der Waals surface area (Å²) in [6, 6.07) is 7.46. The van der Waals surface area contributed by atoms with Crippen molar-refractivity contribution in [3.63, 3.8) is 0 Å². The van der Waals surface area contributed by atoms with Crippen molar-refractivity contribution < 1.29 is 29.2 Å². The van der Waals surface area contributed by atoms with Gasteiger partial charge in [0.05, 0.1) is 35.7 Å². The average Bonchev–Trinajstić information content (AvgIpc) is 3.50. The van der Waals surface area contributed by atoms with Crippen LogP contribution in [0.25, 0.3) is 11.4 Å². The molecule has 33 heavy (non-hydrogen) atoms. The molecule has 0 aliphatic carbocycles. The van der Waals surface area contributed by atoms with E-state index in [9.17, 15) is 15.0 Å². The minimum Gasteiger partial charge on any atom is -0.494 e. The van der Waals surface area contributed by atoms with Gasteiger partial charge in [0.2, 0.25) is 11.8 Å². The molecule has 2 aliphatic rings. The molecule has 0 spiro atoms. The van der Waals surface area contributed by atoms with E-state index in [0.717, 1.165) is 16.8 Å². The van der Waals surface area contributed by atoms with Gasteiger partial charge in [-0.2, -0.15) is 0 Å². The Morgan fingerprint density at radius 1 is 1.06 bits per heavy atom. The molecular formula is C24H23N3O6. The summed E-state index contributed by atoms with van der Waals surface area (Å²) in [5.41, 5.74) is 4.52. The van der Waals surface area contributed by atoms with E-state index < -0.39 is 5.97 Å². The first-order valence-corrected chi connectivity index (χ1v) is 10.6. The van der Waals surface area contributed by atoms with E-state index in [2.05, 4.69) is 9.97 Å².